The Bertz CT molecular complexity index is 376. The molecule has 6 heteroatoms. The number of hydrogen-bond acceptors (Lipinski definition) is 4. The number of hydrogen-bond donors (Lipinski definition) is 3. The van der Waals surface area contributed by atoms with E-state index in [2.05, 4.69) is 5.32 Å². The average Bonchev–Trinajstić information content (AvgIpc) is 2.65. The van der Waals surface area contributed by atoms with Crippen molar-refractivity contribution in [3.63, 3.8) is 0 Å². The van der Waals surface area contributed by atoms with Gasteiger partial charge in [0.25, 0.3) is 0 Å². The van der Waals surface area contributed by atoms with Gasteiger partial charge in [0.1, 0.15) is 4.88 Å². The molecule has 0 atom stereocenters. The van der Waals surface area contributed by atoms with Gasteiger partial charge in [-0.15, -0.1) is 11.3 Å². The number of nitrogens with one attached hydrogen (secondary N) is 1. The van der Waals surface area contributed by atoms with E-state index in [1.807, 2.05) is 0 Å². The number of nitrogens with two attached hydrogens (primary N) is 1. The molecular formula is C10H14N2O3S. The van der Waals surface area contributed by atoms with Crippen molar-refractivity contribution in [1.82, 2.24) is 5.32 Å². The summed E-state index contributed by atoms with van der Waals surface area (Å²) in [6, 6.07) is 3.38. The van der Waals surface area contributed by atoms with Crippen molar-refractivity contribution in [3.8, 4) is 0 Å². The maximum atomic E-state index is 10.6. The van der Waals surface area contributed by atoms with E-state index in [0.717, 1.165) is 4.88 Å². The highest BCUT2D eigenvalue weighted by Gasteiger charge is 2.06. The van der Waals surface area contributed by atoms with Crippen LogP contribution in [0.3, 0.4) is 0 Å². The number of amides is 1. The molecule has 0 aliphatic rings. The quantitative estimate of drug-likeness (QED) is 0.617. The summed E-state index contributed by atoms with van der Waals surface area (Å²) >= 11 is 1.25. The second kappa shape index (κ2) is 6.24. The summed E-state index contributed by atoms with van der Waals surface area (Å²) < 4.78 is 0. The van der Waals surface area contributed by atoms with Gasteiger partial charge in [-0.2, -0.15) is 0 Å². The fourth-order valence-electron chi connectivity index (χ4n) is 1.19. The molecule has 88 valence electrons. The van der Waals surface area contributed by atoms with Crippen molar-refractivity contribution in [2.24, 2.45) is 5.73 Å². The Hall–Kier alpha value is -1.40. The molecule has 0 bridgehead atoms. The topological polar surface area (TPSA) is 92.4 Å². The van der Waals surface area contributed by atoms with E-state index in [1.54, 1.807) is 12.1 Å². The van der Waals surface area contributed by atoms with Gasteiger partial charge in [-0.25, -0.2) is 4.79 Å². The molecule has 1 amide bonds. The van der Waals surface area contributed by atoms with Gasteiger partial charge >= 0.3 is 5.97 Å². The molecule has 5 nitrogen and oxygen atoms in total. The Morgan fingerprint density at radius 3 is 2.75 bits per heavy atom. The van der Waals surface area contributed by atoms with Crippen molar-refractivity contribution < 1.29 is 14.7 Å². The number of carbonyl (C=O) groups excluding carboxylic acids is 1. The van der Waals surface area contributed by atoms with Crippen LogP contribution in [0.25, 0.3) is 0 Å². The van der Waals surface area contributed by atoms with E-state index in [-0.39, 0.29) is 5.91 Å². The van der Waals surface area contributed by atoms with Crippen molar-refractivity contribution in [2.75, 3.05) is 6.54 Å². The van der Waals surface area contributed by atoms with Gasteiger partial charge in [-0.05, 0) is 25.1 Å². The van der Waals surface area contributed by atoms with E-state index in [1.165, 1.54) is 11.3 Å². The van der Waals surface area contributed by atoms with E-state index in [4.69, 9.17) is 10.8 Å². The zero-order chi connectivity index (χ0) is 12.0. The number of carboxylic acid groups (broad SMARTS) is 1. The number of carbonyl (C=O) groups is 2. The van der Waals surface area contributed by atoms with Crippen molar-refractivity contribution in [3.05, 3.63) is 21.9 Å². The first kappa shape index (κ1) is 12.7. The first-order chi connectivity index (χ1) is 7.59. The Kier molecular flexibility index (Phi) is 4.94. The highest BCUT2D eigenvalue weighted by Crippen LogP contribution is 2.15. The first-order valence-corrected chi connectivity index (χ1v) is 5.72. The Labute approximate surface area is 97.3 Å². The molecule has 1 heterocycles. The minimum Gasteiger partial charge on any atom is -0.477 e. The van der Waals surface area contributed by atoms with Crippen LogP contribution in [-0.2, 0) is 11.3 Å². The molecule has 1 rings (SSSR count). The van der Waals surface area contributed by atoms with Crippen LogP contribution in [0.15, 0.2) is 12.1 Å². The van der Waals surface area contributed by atoms with Gasteiger partial charge < -0.3 is 16.2 Å². The van der Waals surface area contributed by atoms with E-state index >= 15 is 0 Å². The van der Waals surface area contributed by atoms with Crippen LogP contribution in [0.5, 0.6) is 0 Å². The number of thiophene rings is 1. The molecule has 4 N–H and O–H groups in total. The van der Waals surface area contributed by atoms with Crippen LogP contribution in [-0.4, -0.2) is 23.5 Å². The third-order valence-corrected chi connectivity index (χ3v) is 3.02. The molecule has 1 aromatic rings. The standard InChI is InChI=1S/C10H14N2O3S/c11-9(13)2-1-5-12-6-7-3-4-8(16-7)10(14)15/h3-4,12H,1-2,5-6H2,(H2,11,13)(H,14,15). The Morgan fingerprint density at radius 1 is 1.44 bits per heavy atom. The van der Waals surface area contributed by atoms with E-state index < -0.39 is 5.97 Å². The highest BCUT2D eigenvalue weighted by molar-refractivity contribution is 7.13. The molecule has 0 saturated carbocycles. The number of carboxylic acids is 1. The number of aromatic carboxylic acids is 1. The van der Waals surface area contributed by atoms with Gasteiger partial charge in [0.15, 0.2) is 0 Å². The lowest BCUT2D eigenvalue weighted by molar-refractivity contribution is -0.118. The zero-order valence-electron chi connectivity index (χ0n) is 8.73. The van der Waals surface area contributed by atoms with Crippen LogP contribution in [0, 0.1) is 0 Å². The summed E-state index contributed by atoms with van der Waals surface area (Å²) in [5, 5.41) is 11.8. The van der Waals surface area contributed by atoms with Crippen LogP contribution in [0.2, 0.25) is 0 Å². The van der Waals surface area contributed by atoms with Gasteiger partial charge in [0.2, 0.25) is 5.91 Å². The average molecular weight is 242 g/mol. The minimum atomic E-state index is -0.898. The molecule has 0 aliphatic carbocycles. The van der Waals surface area contributed by atoms with Gasteiger partial charge in [-0.3, -0.25) is 4.79 Å². The van der Waals surface area contributed by atoms with Crippen LogP contribution in [0.1, 0.15) is 27.4 Å². The predicted octanol–water partition coefficient (Wildman–Crippen LogP) is 0.801. The van der Waals surface area contributed by atoms with Crippen molar-refractivity contribution in [2.45, 2.75) is 19.4 Å². The highest BCUT2D eigenvalue weighted by atomic mass is 32.1. The summed E-state index contributed by atoms with van der Waals surface area (Å²) in [6.07, 6.45) is 1.07. The van der Waals surface area contributed by atoms with Crippen LogP contribution < -0.4 is 11.1 Å². The molecule has 0 saturated heterocycles. The normalized spacial score (nSPS) is 10.2. The third kappa shape index (κ3) is 4.41. The van der Waals surface area contributed by atoms with Crippen LogP contribution in [0.4, 0.5) is 0 Å². The Morgan fingerprint density at radius 2 is 2.19 bits per heavy atom. The lowest BCUT2D eigenvalue weighted by Gasteiger charge is -2.00. The molecule has 0 radical (unpaired) electrons. The summed E-state index contributed by atoms with van der Waals surface area (Å²) in [4.78, 5) is 22.4. The summed E-state index contributed by atoms with van der Waals surface area (Å²) in [5.74, 6) is -1.20. The smallest absolute Gasteiger partial charge is 0.345 e. The molecule has 16 heavy (non-hydrogen) atoms. The molecule has 0 unspecified atom stereocenters. The maximum Gasteiger partial charge on any atom is 0.345 e. The fourth-order valence-corrected chi connectivity index (χ4v) is 2.00. The lowest BCUT2D eigenvalue weighted by Crippen LogP contribution is -2.17. The SMILES string of the molecule is NC(=O)CCCNCc1ccc(C(=O)O)s1. The van der Waals surface area contributed by atoms with E-state index in [0.29, 0.717) is 30.8 Å². The molecule has 0 aliphatic heterocycles. The largest absolute Gasteiger partial charge is 0.477 e. The van der Waals surface area contributed by atoms with Gasteiger partial charge in [0.05, 0.1) is 0 Å². The third-order valence-electron chi connectivity index (χ3n) is 1.95. The minimum absolute atomic E-state index is 0.300. The van der Waals surface area contributed by atoms with Crippen molar-refractivity contribution >= 4 is 23.2 Å². The molecule has 0 aromatic carbocycles. The number of rotatable bonds is 7. The second-order valence-electron chi connectivity index (χ2n) is 3.32. The number of primary amides is 1. The van der Waals surface area contributed by atoms with Gasteiger partial charge in [0, 0.05) is 17.8 Å². The lowest BCUT2D eigenvalue weighted by atomic mass is 10.3. The fraction of sp³-hybridized carbons (Fsp3) is 0.400. The second-order valence-corrected chi connectivity index (χ2v) is 4.49. The van der Waals surface area contributed by atoms with Crippen molar-refractivity contribution in [1.29, 1.82) is 0 Å². The van der Waals surface area contributed by atoms with E-state index in [9.17, 15) is 9.59 Å². The maximum absolute atomic E-state index is 10.6. The predicted molar refractivity (Wildman–Crippen MR) is 61.4 cm³/mol. The molecule has 1 aromatic heterocycles. The molecular weight excluding hydrogens is 228 g/mol. The first-order valence-electron chi connectivity index (χ1n) is 4.90. The molecule has 0 spiro atoms. The van der Waals surface area contributed by atoms with Crippen LogP contribution >= 0.6 is 11.3 Å². The summed E-state index contributed by atoms with van der Waals surface area (Å²) in [5.41, 5.74) is 4.99. The summed E-state index contributed by atoms with van der Waals surface area (Å²) in [7, 11) is 0. The summed E-state index contributed by atoms with van der Waals surface area (Å²) in [6.45, 7) is 1.32. The van der Waals surface area contributed by atoms with Gasteiger partial charge in [-0.1, -0.05) is 0 Å². The molecule has 0 fully saturated rings. The zero-order valence-corrected chi connectivity index (χ0v) is 9.55. The monoisotopic (exact) mass is 242 g/mol. The Balaban J connectivity index is 2.21.